The Balaban J connectivity index is 2.48. The molecule has 0 radical (unpaired) electrons. The molecular formula is C15H18BrNO3. The van der Waals surface area contributed by atoms with Crippen LogP contribution in [-0.4, -0.2) is 20.8 Å². The van der Waals surface area contributed by atoms with Crippen molar-refractivity contribution in [1.82, 2.24) is 5.32 Å². The molecule has 1 aromatic carbocycles. The second kappa shape index (κ2) is 6.81. The Morgan fingerprint density at radius 1 is 1.25 bits per heavy atom. The fraction of sp³-hybridized carbons (Fsp3) is 0.333. The summed E-state index contributed by atoms with van der Waals surface area (Å²) in [5.41, 5.74) is 2.14. The van der Waals surface area contributed by atoms with Crippen molar-refractivity contribution in [3.63, 3.8) is 0 Å². The van der Waals surface area contributed by atoms with Gasteiger partial charge in [-0.05, 0) is 30.3 Å². The number of hydrogen-bond acceptors (Lipinski definition) is 4. The van der Waals surface area contributed by atoms with Crippen molar-refractivity contribution < 1.29 is 13.9 Å². The third kappa shape index (κ3) is 2.99. The van der Waals surface area contributed by atoms with Gasteiger partial charge in [-0.2, -0.15) is 0 Å². The summed E-state index contributed by atoms with van der Waals surface area (Å²) in [5, 5.41) is 3.44. The molecule has 0 aliphatic carbocycles. The standard InChI is InChI=1S/C15H18BrNO3/c1-4-17-15(10-5-6-20-9-10)11-7-13(18-2)14(19-3)8-12(11)16/h5-9,15,17H,4H2,1-3H3. The fourth-order valence-electron chi connectivity index (χ4n) is 2.14. The number of halogens is 1. The van der Waals surface area contributed by atoms with Crippen LogP contribution in [0.25, 0.3) is 0 Å². The predicted octanol–water partition coefficient (Wildman–Crippen LogP) is 3.76. The first kappa shape index (κ1) is 14.9. The third-order valence-corrected chi connectivity index (χ3v) is 3.79. The quantitative estimate of drug-likeness (QED) is 0.870. The Bertz CT molecular complexity index is 554. The second-order valence-electron chi connectivity index (χ2n) is 4.28. The lowest BCUT2D eigenvalue weighted by atomic mass is 10.0. The molecule has 108 valence electrons. The van der Waals surface area contributed by atoms with Crippen molar-refractivity contribution in [2.45, 2.75) is 13.0 Å². The number of furan rings is 1. The molecule has 2 aromatic rings. The third-order valence-electron chi connectivity index (χ3n) is 3.10. The summed E-state index contributed by atoms with van der Waals surface area (Å²) in [6.07, 6.45) is 3.42. The number of rotatable bonds is 6. The smallest absolute Gasteiger partial charge is 0.161 e. The van der Waals surface area contributed by atoms with E-state index < -0.39 is 0 Å². The first-order chi connectivity index (χ1) is 9.71. The molecule has 1 unspecified atom stereocenters. The zero-order valence-corrected chi connectivity index (χ0v) is 13.4. The van der Waals surface area contributed by atoms with E-state index in [1.807, 2.05) is 18.2 Å². The number of methoxy groups -OCH3 is 2. The highest BCUT2D eigenvalue weighted by Gasteiger charge is 2.20. The Morgan fingerprint density at radius 2 is 1.95 bits per heavy atom. The van der Waals surface area contributed by atoms with Gasteiger partial charge in [0.25, 0.3) is 0 Å². The lowest BCUT2D eigenvalue weighted by molar-refractivity contribution is 0.354. The summed E-state index contributed by atoms with van der Waals surface area (Å²) in [5.74, 6) is 1.41. The lowest BCUT2D eigenvalue weighted by Gasteiger charge is -2.20. The molecule has 0 saturated heterocycles. The van der Waals surface area contributed by atoms with Gasteiger partial charge in [0.05, 0.1) is 32.8 Å². The van der Waals surface area contributed by atoms with E-state index in [-0.39, 0.29) is 6.04 Å². The van der Waals surface area contributed by atoms with Crippen molar-refractivity contribution in [2.75, 3.05) is 20.8 Å². The van der Waals surface area contributed by atoms with Crippen LogP contribution in [0.15, 0.2) is 39.6 Å². The summed E-state index contributed by atoms with van der Waals surface area (Å²) in [6, 6.07) is 5.88. The van der Waals surface area contributed by atoms with E-state index >= 15 is 0 Å². The highest BCUT2D eigenvalue weighted by atomic mass is 79.9. The minimum Gasteiger partial charge on any atom is -0.493 e. The molecule has 4 nitrogen and oxygen atoms in total. The molecule has 0 aliphatic heterocycles. The SMILES string of the molecule is CCNC(c1ccoc1)c1cc(OC)c(OC)cc1Br. The highest BCUT2D eigenvalue weighted by molar-refractivity contribution is 9.10. The van der Waals surface area contributed by atoms with Gasteiger partial charge in [-0.3, -0.25) is 0 Å². The van der Waals surface area contributed by atoms with Gasteiger partial charge < -0.3 is 19.2 Å². The molecule has 2 rings (SSSR count). The summed E-state index contributed by atoms with van der Waals surface area (Å²) < 4.78 is 16.8. The second-order valence-corrected chi connectivity index (χ2v) is 5.13. The van der Waals surface area contributed by atoms with Crippen LogP contribution in [0.2, 0.25) is 0 Å². The van der Waals surface area contributed by atoms with E-state index in [1.165, 1.54) is 0 Å². The lowest BCUT2D eigenvalue weighted by Crippen LogP contribution is -2.22. The Labute approximate surface area is 127 Å². The molecule has 1 aromatic heterocycles. The topological polar surface area (TPSA) is 43.6 Å². The average molecular weight is 340 g/mol. The van der Waals surface area contributed by atoms with Gasteiger partial charge in [-0.25, -0.2) is 0 Å². The van der Waals surface area contributed by atoms with Crippen LogP contribution in [0.3, 0.4) is 0 Å². The van der Waals surface area contributed by atoms with Crippen LogP contribution >= 0.6 is 15.9 Å². The maximum absolute atomic E-state index is 5.38. The van der Waals surface area contributed by atoms with E-state index in [9.17, 15) is 0 Å². The monoisotopic (exact) mass is 339 g/mol. The van der Waals surface area contributed by atoms with Crippen molar-refractivity contribution in [2.24, 2.45) is 0 Å². The number of benzene rings is 1. The largest absolute Gasteiger partial charge is 0.493 e. The first-order valence-corrected chi connectivity index (χ1v) is 7.17. The Kier molecular flexibility index (Phi) is 5.09. The van der Waals surface area contributed by atoms with Gasteiger partial charge in [0.2, 0.25) is 0 Å². The molecule has 0 saturated carbocycles. The van der Waals surface area contributed by atoms with Crippen LogP contribution in [0.1, 0.15) is 24.1 Å². The molecule has 0 bridgehead atoms. The molecule has 0 amide bonds. The number of ether oxygens (including phenoxy) is 2. The molecule has 1 N–H and O–H groups in total. The van der Waals surface area contributed by atoms with Crippen LogP contribution in [0.5, 0.6) is 11.5 Å². The van der Waals surface area contributed by atoms with Crippen molar-refractivity contribution in [3.8, 4) is 11.5 Å². The van der Waals surface area contributed by atoms with Gasteiger partial charge in [0.1, 0.15) is 0 Å². The number of hydrogen-bond donors (Lipinski definition) is 1. The van der Waals surface area contributed by atoms with Gasteiger partial charge in [-0.1, -0.05) is 22.9 Å². The van der Waals surface area contributed by atoms with Gasteiger partial charge in [-0.15, -0.1) is 0 Å². The Morgan fingerprint density at radius 3 is 2.50 bits per heavy atom. The molecule has 0 aliphatic rings. The van der Waals surface area contributed by atoms with E-state index in [0.717, 1.165) is 22.1 Å². The fourth-order valence-corrected chi connectivity index (χ4v) is 2.69. The van der Waals surface area contributed by atoms with Crippen LogP contribution in [-0.2, 0) is 0 Å². The summed E-state index contributed by atoms with van der Waals surface area (Å²) in [4.78, 5) is 0. The predicted molar refractivity (Wildman–Crippen MR) is 81.5 cm³/mol. The molecule has 1 atom stereocenters. The van der Waals surface area contributed by atoms with E-state index in [0.29, 0.717) is 11.5 Å². The molecule has 5 heteroatoms. The van der Waals surface area contributed by atoms with Crippen LogP contribution in [0, 0.1) is 0 Å². The van der Waals surface area contributed by atoms with Gasteiger partial charge >= 0.3 is 0 Å². The number of nitrogens with one attached hydrogen (secondary N) is 1. The molecule has 0 spiro atoms. The molecule has 0 fully saturated rings. The first-order valence-electron chi connectivity index (χ1n) is 6.38. The maximum Gasteiger partial charge on any atom is 0.161 e. The summed E-state index contributed by atoms with van der Waals surface area (Å²) >= 11 is 3.60. The highest BCUT2D eigenvalue weighted by Crippen LogP contribution is 2.38. The van der Waals surface area contributed by atoms with Gasteiger partial charge in [0.15, 0.2) is 11.5 Å². The minimum atomic E-state index is 0.0351. The maximum atomic E-state index is 5.38. The van der Waals surface area contributed by atoms with E-state index in [4.69, 9.17) is 13.9 Å². The normalized spacial score (nSPS) is 12.2. The summed E-state index contributed by atoms with van der Waals surface area (Å²) in [7, 11) is 3.26. The minimum absolute atomic E-state index is 0.0351. The molecular weight excluding hydrogens is 322 g/mol. The average Bonchev–Trinajstić information content (AvgIpc) is 2.98. The molecule has 1 heterocycles. The van der Waals surface area contributed by atoms with Crippen molar-refractivity contribution >= 4 is 15.9 Å². The van der Waals surface area contributed by atoms with Crippen LogP contribution < -0.4 is 14.8 Å². The van der Waals surface area contributed by atoms with Crippen molar-refractivity contribution in [3.05, 3.63) is 46.3 Å². The van der Waals surface area contributed by atoms with Crippen molar-refractivity contribution in [1.29, 1.82) is 0 Å². The van der Waals surface area contributed by atoms with Gasteiger partial charge in [0, 0.05) is 10.0 Å². The Hall–Kier alpha value is -1.46. The van der Waals surface area contributed by atoms with Crippen LogP contribution in [0.4, 0.5) is 0 Å². The zero-order chi connectivity index (χ0) is 14.5. The molecule has 20 heavy (non-hydrogen) atoms. The zero-order valence-electron chi connectivity index (χ0n) is 11.8. The van der Waals surface area contributed by atoms with E-state index in [2.05, 4.69) is 28.2 Å². The summed E-state index contributed by atoms with van der Waals surface area (Å²) in [6.45, 7) is 2.92. The van der Waals surface area contributed by atoms with E-state index in [1.54, 1.807) is 26.7 Å².